The Balaban J connectivity index is 1.98. The minimum atomic E-state index is -0.0931. The fourth-order valence-corrected chi connectivity index (χ4v) is 2.01. The lowest BCUT2D eigenvalue weighted by molar-refractivity contribution is 0.0953. The van der Waals surface area contributed by atoms with Gasteiger partial charge in [0.1, 0.15) is 0 Å². The number of benzene rings is 1. The molecule has 0 bridgehead atoms. The molecule has 6 heteroatoms. The molecule has 106 valence electrons. The normalized spacial score (nSPS) is 10.5. The van der Waals surface area contributed by atoms with Gasteiger partial charge in [0.25, 0.3) is 5.91 Å². The van der Waals surface area contributed by atoms with Crippen molar-refractivity contribution in [3.63, 3.8) is 0 Å². The third-order valence-corrected chi connectivity index (χ3v) is 3.35. The fraction of sp³-hybridized carbons (Fsp3) is 0.286. The van der Waals surface area contributed by atoms with Crippen molar-refractivity contribution in [2.45, 2.75) is 6.42 Å². The number of amides is 1. The Morgan fingerprint density at radius 3 is 2.75 bits per heavy atom. The van der Waals surface area contributed by atoms with Crippen LogP contribution in [0.3, 0.4) is 0 Å². The van der Waals surface area contributed by atoms with Gasteiger partial charge >= 0.3 is 0 Å². The molecule has 0 saturated carbocycles. The average Bonchev–Trinajstić information content (AvgIpc) is 2.94. The molecule has 0 aliphatic heterocycles. The molecule has 1 amide bonds. The molecular weight excluding hydrogens is 320 g/mol. The first-order valence-electron chi connectivity index (χ1n) is 6.44. The van der Waals surface area contributed by atoms with Crippen molar-refractivity contribution < 1.29 is 4.79 Å². The molecule has 0 atom stereocenters. The maximum Gasteiger partial charge on any atom is 0.254 e. The first-order valence-corrected chi connectivity index (χ1v) is 7.23. The lowest BCUT2D eigenvalue weighted by Gasteiger charge is -2.03. The largest absolute Gasteiger partial charge is 0.352 e. The predicted octanol–water partition coefficient (Wildman–Crippen LogP) is 1.97. The van der Waals surface area contributed by atoms with E-state index in [-0.39, 0.29) is 5.91 Å². The standard InChI is InChI=1S/C14H17BrN4O/c1-16-7-2-8-17-14(20)11-9-18-19(10-11)13-5-3-12(15)4-6-13/h3-6,9-10,16H,2,7-8H2,1H3,(H,17,20). The van der Waals surface area contributed by atoms with E-state index in [4.69, 9.17) is 0 Å². The van der Waals surface area contributed by atoms with Crippen LogP contribution in [-0.2, 0) is 0 Å². The molecule has 0 aliphatic carbocycles. The van der Waals surface area contributed by atoms with Crippen molar-refractivity contribution in [3.8, 4) is 5.69 Å². The molecule has 2 aromatic rings. The molecule has 0 radical (unpaired) electrons. The Morgan fingerprint density at radius 1 is 1.30 bits per heavy atom. The van der Waals surface area contributed by atoms with Crippen LogP contribution in [0.2, 0.25) is 0 Å². The number of aromatic nitrogens is 2. The van der Waals surface area contributed by atoms with Gasteiger partial charge in [0.15, 0.2) is 0 Å². The van der Waals surface area contributed by atoms with E-state index in [0.29, 0.717) is 12.1 Å². The van der Waals surface area contributed by atoms with E-state index in [1.54, 1.807) is 17.1 Å². The molecule has 0 spiro atoms. The van der Waals surface area contributed by atoms with E-state index in [1.165, 1.54) is 0 Å². The highest BCUT2D eigenvalue weighted by atomic mass is 79.9. The Bertz CT molecular complexity index is 565. The van der Waals surface area contributed by atoms with Crippen molar-refractivity contribution in [3.05, 3.63) is 46.7 Å². The van der Waals surface area contributed by atoms with E-state index in [1.807, 2.05) is 31.3 Å². The highest BCUT2D eigenvalue weighted by molar-refractivity contribution is 9.10. The van der Waals surface area contributed by atoms with Crippen LogP contribution in [0, 0.1) is 0 Å². The lowest BCUT2D eigenvalue weighted by Crippen LogP contribution is -2.26. The van der Waals surface area contributed by atoms with Gasteiger partial charge in [-0.25, -0.2) is 4.68 Å². The van der Waals surface area contributed by atoms with Crippen LogP contribution in [-0.4, -0.2) is 35.8 Å². The number of rotatable bonds is 6. The quantitative estimate of drug-likeness (QED) is 0.793. The Labute approximate surface area is 126 Å². The van der Waals surface area contributed by atoms with Gasteiger partial charge in [-0.3, -0.25) is 4.79 Å². The van der Waals surface area contributed by atoms with Crippen molar-refractivity contribution in [1.29, 1.82) is 0 Å². The van der Waals surface area contributed by atoms with Gasteiger partial charge in [-0.05, 0) is 44.3 Å². The molecule has 20 heavy (non-hydrogen) atoms. The molecule has 2 N–H and O–H groups in total. The number of hydrogen-bond donors (Lipinski definition) is 2. The number of carbonyl (C=O) groups excluding carboxylic acids is 1. The summed E-state index contributed by atoms with van der Waals surface area (Å²) in [5.74, 6) is -0.0931. The second-order valence-electron chi connectivity index (χ2n) is 4.36. The summed E-state index contributed by atoms with van der Waals surface area (Å²) in [7, 11) is 1.89. The summed E-state index contributed by atoms with van der Waals surface area (Å²) in [4.78, 5) is 11.9. The lowest BCUT2D eigenvalue weighted by atomic mass is 10.3. The number of nitrogens with zero attached hydrogens (tertiary/aromatic N) is 2. The second-order valence-corrected chi connectivity index (χ2v) is 5.28. The van der Waals surface area contributed by atoms with Gasteiger partial charge in [0.05, 0.1) is 17.4 Å². The van der Waals surface area contributed by atoms with E-state index < -0.39 is 0 Å². The zero-order chi connectivity index (χ0) is 14.4. The van der Waals surface area contributed by atoms with Gasteiger partial charge in [-0.15, -0.1) is 0 Å². The van der Waals surface area contributed by atoms with Gasteiger partial charge in [0.2, 0.25) is 0 Å². The zero-order valence-electron chi connectivity index (χ0n) is 11.3. The maximum absolute atomic E-state index is 11.9. The van der Waals surface area contributed by atoms with Crippen LogP contribution in [0.5, 0.6) is 0 Å². The summed E-state index contributed by atoms with van der Waals surface area (Å²) < 4.78 is 2.70. The van der Waals surface area contributed by atoms with Gasteiger partial charge in [-0.2, -0.15) is 5.10 Å². The summed E-state index contributed by atoms with van der Waals surface area (Å²) in [6.45, 7) is 1.54. The monoisotopic (exact) mass is 336 g/mol. The number of nitrogens with one attached hydrogen (secondary N) is 2. The third-order valence-electron chi connectivity index (χ3n) is 2.83. The maximum atomic E-state index is 11.9. The van der Waals surface area contributed by atoms with E-state index in [0.717, 1.165) is 23.1 Å². The van der Waals surface area contributed by atoms with Crippen molar-refractivity contribution in [1.82, 2.24) is 20.4 Å². The molecule has 0 saturated heterocycles. The molecule has 0 aliphatic rings. The molecule has 1 aromatic carbocycles. The Hall–Kier alpha value is -1.66. The van der Waals surface area contributed by atoms with Crippen LogP contribution in [0.1, 0.15) is 16.8 Å². The Morgan fingerprint density at radius 2 is 2.05 bits per heavy atom. The Kier molecular flexibility index (Phi) is 5.31. The van der Waals surface area contributed by atoms with Crippen LogP contribution < -0.4 is 10.6 Å². The first-order chi connectivity index (χ1) is 9.70. The summed E-state index contributed by atoms with van der Waals surface area (Å²) in [6.07, 6.45) is 4.22. The van der Waals surface area contributed by atoms with E-state index >= 15 is 0 Å². The van der Waals surface area contributed by atoms with Crippen molar-refractivity contribution >= 4 is 21.8 Å². The molecule has 1 heterocycles. The zero-order valence-corrected chi connectivity index (χ0v) is 12.9. The highest BCUT2D eigenvalue weighted by Gasteiger charge is 2.08. The minimum absolute atomic E-state index is 0.0931. The molecule has 1 aromatic heterocycles. The molecule has 2 rings (SSSR count). The number of hydrogen-bond acceptors (Lipinski definition) is 3. The summed E-state index contributed by atoms with van der Waals surface area (Å²) >= 11 is 3.39. The van der Waals surface area contributed by atoms with Crippen LogP contribution in [0.15, 0.2) is 41.1 Å². The topological polar surface area (TPSA) is 58.9 Å². The third kappa shape index (κ3) is 3.91. The van der Waals surface area contributed by atoms with Crippen molar-refractivity contribution in [2.24, 2.45) is 0 Å². The fourth-order valence-electron chi connectivity index (χ4n) is 1.74. The first kappa shape index (κ1) is 14.7. The average molecular weight is 337 g/mol. The van der Waals surface area contributed by atoms with Crippen LogP contribution in [0.4, 0.5) is 0 Å². The predicted molar refractivity (Wildman–Crippen MR) is 82.1 cm³/mol. The van der Waals surface area contributed by atoms with Gasteiger partial charge in [-0.1, -0.05) is 15.9 Å². The highest BCUT2D eigenvalue weighted by Crippen LogP contribution is 2.13. The van der Waals surface area contributed by atoms with Crippen LogP contribution in [0.25, 0.3) is 5.69 Å². The number of carbonyl (C=O) groups is 1. The van der Waals surface area contributed by atoms with Gasteiger partial charge in [0, 0.05) is 17.2 Å². The van der Waals surface area contributed by atoms with E-state index in [2.05, 4.69) is 31.7 Å². The van der Waals surface area contributed by atoms with Crippen LogP contribution >= 0.6 is 15.9 Å². The summed E-state index contributed by atoms with van der Waals surface area (Å²) in [5, 5.41) is 10.1. The minimum Gasteiger partial charge on any atom is -0.352 e. The second kappa shape index (κ2) is 7.21. The van der Waals surface area contributed by atoms with Crippen molar-refractivity contribution in [2.75, 3.05) is 20.1 Å². The molecule has 5 nitrogen and oxygen atoms in total. The summed E-state index contributed by atoms with van der Waals surface area (Å²) in [5.41, 5.74) is 1.49. The molecular formula is C14H17BrN4O. The SMILES string of the molecule is CNCCCNC(=O)c1cnn(-c2ccc(Br)cc2)c1. The number of halogens is 1. The molecule has 0 unspecified atom stereocenters. The van der Waals surface area contributed by atoms with E-state index in [9.17, 15) is 4.79 Å². The van der Waals surface area contributed by atoms with Gasteiger partial charge < -0.3 is 10.6 Å². The smallest absolute Gasteiger partial charge is 0.254 e. The summed E-state index contributed by atoms with van der Waals surface area (Å²) in [6, 6.07) is 7.75. The molecule has 0 fully saturated rings.